The summed E-state index contributed by atoms with van der Waals surface area (Å²) >= 11 is 0. The van der Waals surface area contributed by atoms with Gasteiger partial charge in [0.05, 0.1) is 13.7 Å². The fourth-order valence-corrected chi connectivity index (χ4v) is 2.97. The number of rotatable bonds is 3. The van der Waals surface area contributed by atoms with Crippen molar-refractivity contribution in [2.75, 3.05) is 13.7 Å². The molecule has 1 aliphatic carbocycles. The maximum atomic E-state index is 12.6. The number of carbonyl (C=O) groups is 3. The van der Waals surface area contributed by atoms with Crippen LogP contribution >= 0.6 is 0 Å². The maximum absolute atomic E-state index is 12.6. The summed E-state index contributed by atoms with van der Waals surface area (Å²) in [6.45, 7) is 3.45. The van der Waals surface area contributed by atoms with Gasteiger partial charge in [-0.25, -0.2) is 4.79 Å². The molecule has 2 aromatic carbocycles. The normalized spacial score (nSPS) is 14.0. The molecule has 1 aliphatic rings. The fraction of sp³-hybridized carbons (Fsp3) is 0.211. The van der Waals surface area contributed by atoms with Crippen LogP contribution in [0.25, 0.3) is 16.3 Å². The van der Waals surface area contributed by atoms with Crippen molar-refractivity contribution >= 4 is 33.9 Å². The van der Waals surface area contributed by atoms with Crippen molar-refractivity contribution in [3.05, 3.63) is 47.0 Å². The summed E-state index contributed by atoms with van der Waals surface area (Å²) in [5, 5.41) is 1.45. The largest absolute Gasteiger partial charge is 0.497 e. The molecule has 0 saturated heterocycles. The Kier molecular flexibility index (Phi) is 3.93. The third-order valence-corrected chi connectivity index (χ3v) is 4.15. The molecule has 2 aromatic rings. The monoisotopic (exact) mass is 324 g/mol. The van der Waals surface area contributed by atoms with Crippen molar-refractivity contribution in [2.24, 2.45) is 0 Å². The summed E-state index contributed by atoms with van der Waals surface area (Å²) in [4.78, 5) is 37.1. The molecule has 122 valence electrons. The molecule has 3 rings (SSSR count). The molecule has 0 amide bonds. The minimum absolute atomic E-state index is 0.140. The van der Waals surface area contributed by atoms with E-state index >= 15 is 0 Å². The van der Waals surface area contributed by atoms with Gasteiger partial charge in [-0.15, -0.1) is 0 Å². The number of benzene rings is 2. The smallest absolute Gasteiger partial charge is 0.342 e. The van der Waals surface area contributed by atoms with Crippen LogP contribution in [0.5, 0.6) is 5.75 Å². The number of ether oxygens (including phenoxy) is 2. The second kappa shape index (κ2) is 5.92. The Morgan fingerprint density at radius 3 is 2.50 bits per heavy atom. The molecule has 0 N–H and O–H groups in total. The first kappa shape index (κ1) is 15.9. The summed E-state index contributed by atoms with van der Waals surface area (Å²) in [5.74, 6) is -1.60. The van der Waals surface area contributed by atoms with Crippen molar-refractivity contribution in [1.82, 2.24) is 0 Å². The highest BCUT2D eigenvalue weighted by Crippen LogP contribution is 2.35. The lowest BCUT2D eigenvalue weighted by molar-refractivity contribution is -0.139. The molecular weight excluding hydrogens is 308 g/mol. The standard InChI is InChI=1S/C19H16O5/c1-4-24-19(22)15-10(2)13-7-5-11-9-12(23-3)6-8-14(11)16(13)18(21)17(15)20/h5-9H,4H2,1-3H3. The van der Waals surface area contributed by atoms with Crippen molar-refractivity contribution < 1.29 is 23.9 Å². The zero-order chi connectivity index (χ0) is 17.4. The molecule has 0 radical (unpaired) electrons. The number of allylic oxidation sites excluding steroid dienone is 1. The average Bonchev–Trinajstić information content (AvgIpc) is 2.58. The molecule has 0 fully saturated rings. The Balaban J connectivity index is 2.29. The Morgan fingerprint density at radius 2 is 1.83 bits per heavy atom. The van der Waals surface area contributed by atoms with Gasteiger partial charge in [0, 0.05) is 5.56 Å². The van der Waals surface area contributed by atoms with Crippen molar-refractivity contribution in [2.45, 2.75) is 13.8 Å². The molecule has 5 nitrogen and oxygen atoms in total. The van der Waals surface area contributed by atoms with Gasteiger partial charge in [0.2, 0.25) is 11.6 Å². The minimum Gasteiger partial charge on any atom is -0.497 e. The molecular formula is C19H16O5. The van der Waals surface area contributed by atoms with Gasteiger partial charge in [-0.05, 0) is 54.0 Å². The van der Waals surface area contributed by atoms with Crippen LogP contribution in [0.4, 0.5) is 0 Å². The van der Waals surface area contributed by atoms with Crippen LogP contribution in [0, 0.1) is 0 Å². The van der Waals surface area contributed by atoms with Crippen LogP contribution in [0.15, 0.2) is 35.9 Å². The minimum atomic E-state index is -0.818. The van der Waals surface area contributed by atoms with Gasteiger partial charge in [0.1, 0.15) is 11.3 Å². The van der Waals surface area contributed by atoms with Gasteiger partial charge in [-0.3, -0.25) is 9.59 Å². The lowest BCUT2D eigenvalue weighted by Crippen LogP contribution is -2.29. The summed E-state index contributed by atoms with van der Waals surface area (Å²) in [6, 6.07) is 8.87. The molecule has 0 spiro atoms. The maximum Gasteiger partial charge on any atom is 0.342 e. The van der Waals surface area contributed by atoms with Gasteiger partial charge in [-0.2, -0.15) is 0 Å². The molecule has 0 bridgehead atoms. The van der Waals surface area contributed by atoms with Gasteiger partial charge in [-0.1, -0.05) is 12.1 Å². The third-order valence-electron chi connectivity index (χ3n) is 4.15. The number of hydrogen-bond acceptors (Lipinski definition) is 5. The van der Waals surface area contributed by atoms with Crippen LogP contribution < -0.4 is 4.74 Å². The summed E-state index contributed by atoms with van der Waals surface area (Å²) < 4.78 is 10.1. The Labute approximate surface area is 138 Å². The summed E-state index contributed by atoms with van der Waals surface area (Å²) in [5.41, 5.74) is 1.19. The van der Waals surface area contributed by atoms with E-state index in [4.69, 9.17) is 9.47 Å². The van der Waals surface area contributed by atoms with E-state index in [1.807, 2.05) is 6.07 Å². The topological polar surface area (TPSA) is 69.7 Å². The lowest BCUT2D eigenvalue weighted by Gasteiger charge is -2.20. The van der Waals surface area contributed by atoms with Gasteiger partial charge >= 0.3 is 5.97 Å². The zero-order valence-electron chi connectivity index (χ0n) is 13.6. The van der Waals surface area contributed by atoms with Crippen LogP contribution in [0.2, 0.25) is 0 Å². The van der Waals surface area contributed by atoms with Crippen LogP contribution in [0.3, 0.4) is 0 Å². The predicted octanol–water partition coefficient (Wildman–Crippen LogP) is 2.95. The summed E-state index contributed by atoms with van der Waals surface area (Å²) in [7, 11) is 1.56. The number of Topliss-reactive ketones (excluding diaryl/α,β-unsaturated/α-hetero) is 2. The molecule has 24 heavy (non-hydrogen) atoms. The van der Waals surface area contributed by atoms with E-state index in [1.165, 1.54) is 0 Å². The number of methoxy groups -OCH3 is 1. The molecule has 0 aliphatic heterocycles. The Morgan fingerprint density at radius 1 is 1.08 bits per heavy atom. The number of ketones is 2. The third kappa shape index (κ3) is 2.29. The molecule has 0 saturated carbocycles. The van der Waals surface area contributed by atoms with E-state index in [1.54, 1.807) is 45.2 Å². The van der Waals surface area contributed by atoms with E-state index in [-0.39, 0.29) is 12.2 Å². The van der Waals surface area contributed by atoms with E-state index < -0.39 is 17.5 Å². The Bertz CT molecular complexity index is 921. The molecule has 0 atom stereocenters. The highest BCUT2D eigenvalue weighted by atomic mass is 16.5. The fourth-order valence-electron chi connectivity index (χ4n) is 2.97. The van der Waals surface area contributed by atoms with E-state index in [2.05, 4.69) is 0 Å². The van der Waals surface area contributed by atoms with E-state index in [9.17, 15) is 14.4 Å². The van der Waals surface area contributed by atoms with Crippen LogP contribution in [-0.2, 0) is 14.3 Å². The van der Waals surface area contributed by atoms with Crippen molar-refractivity contribution in [3.8, 4) is 5.75 Å². The van der Waals surface area contributed by atoms with Gasteiger partial charge < -0.3 is 9.47 Å². The predicted molar refractivity (Wildman–Crippen MR) is 89.1 cm³/mol. The zero-order valence-corrected chi connectivity index (χ0v) is 13.6. The SMILES string of the molecule is CCOC(=O)C1=C(C)c2ccc3cc(OC)ccc3c2C(=O)C1=O. The highest BCUT2D eigenvalue weighted by molar-refractivity contribution is 6.58. The van der Waals surface area contributed by atoms with E-state index in [0.717, 1.165) is 5.39 Å². The number of fused-ring (bicyclic) bond motifs is 3. The number of carbonyl (C=O) groups excluding carboxylic acids is 3. The van der Waals surface area contributed by atoms with Crippen molar-refractivity contribution in [1.29, 1.82) is 0 Å². The second-order valence-corrected chi connectivity index (χ2v) is 5.45. The summed E-state index contributed by atoms with van der Waals surface area (Å²) in [6.07, 6.45) is 0. The molecule has 0 aromatic heterocycles. The second-order valence-electron chi connectivity index (χ2n) is 5.45. The highest BCUT2D eigenvalue weighted by Gasteiger charge is 2.36. The number of esters is 1. The van der Waals surface area contributed by atoms with Crippen LogP contribution in [0.1, 0.15) is 29.8 Å². The van der Waals surface area contributed by atoms with Crippen molar-refractivity contribution in [3.63, 3.8) is 0 Å². The van der Waals surface area contributed by atoms with Crippen LogP contribution in [-0.4, -0.2) is 31.3 Å². The first-order valence-corrected chi connectivity index (χ1v) is 7.57. The lowest BCUT2D eigenvalue weighted by atomic mass is 9.82. The van der Waals surface area contributed by atoms with E-state index in [0.29, 0.717) is 27.8 Å². The molecule has 5 heteroatoms. The first-order valence-electron chi connectivity index (χ1n) is 7.57. The average molecular weight is 324 g/mol. The first-order chi connectivity index (χ1) is 11.5. The Hall–Kier alpha value is -2.95. The van der Waals surface area contributed by atoms with Gasteiger partial charge in [0.25, 0.3) is 0 Å². The number of hydrogen-bond donors (Lipinski definition) is 0. The molecule has 0 unspecified atom stereocenters. The quantitative estimate of drug-likeness (QED) is 0.493. The molecule has 0 heterocycles. The van der Waals surface area contributed by atoms with Gasteiger partial charge in [0.15, 0.2) is 0 Å².